The van der Waals surface area contributed by atoms with Crippen LogP contribution in [-0.2, 0) is 6.54 Å². The molecule has 1 aliphatic heterocycles. The number of pyridine rings is 1. The fourth-order valence-corrected chi connectivity index (χ4v) is 3.93. The minimum absolute atomic E-state index is 0.283. The molecule has 0 amide bonds. The van der Waals surface area contributed by atoms with Crippen molar-refractivity contribution in [1.29, 1.82) is 0 Å². The summed E-state index contributed by atoms with van der Waals surface area (Å²) in [6.45, 7) is 7.04. The molecule has 0 unspecified atom stereocenters. The molecule has 0 radical (unpaired) electrons. The Morgan fingerprint density at radius 1 is 1.10 bits per heavy atom. The number of hydrogen-bond donors (Lipinski definition) is 1. The number of rotatable bonds is 7. The fraction of sp³-hybridized carbons (Fsp3) is 0.435. The van der Waals surface area contributed by atoms with E-state index in [1.165, 1.54) is 0 Å². The van der Waals surface area contributed by atoms with Crippen LogP contribution in [0.4, 0.5) is 5.95 Å². The van der Waals surface area contributed by atoms with Gasteiger partial charge in [0, 0.05) is 66.2 Å². The van der Waals surface area contributed by atoms with E-state index >= 15 is 0 Å². The lowest BCUT2D eigenvalue weighted by Crippen LogP contribution is -2.33. The fourth-order valence-electron chi connectivity index (χ4n) is 3.93. The molecular formula is C23H29N7O. The predicted octanol–water partition coefficient (Wildman–Crippen LogP) is 3.54. The van der Waals surface area contributed by atoms with Crippen LogP contribution in [0.3, 0.4) is 0 Å². The molecule has 4 rings (SSSR count). The third-order valence-electron chi connectivity index (χ3n) is 5.45. The van der Waals surface area contributed by atoms with Crippen LogP contribution in [0.25, 0.3) is 11.1 Å². The summed E-state index contributed by atoms with van der Waals surface area (Å²) in [7, 11) is 1.58. The van der Waals surface area contributed by atoms with E-state index in [0.29, 0.717) is 17.9 Å². The molecule has 162 valence electrons. The molecule has 0 bridgehead atoms. The minimum atomic E-state index is 0.283. The summed E-state index contributed by atoms with van der Waals surface area (Å²) >= 11 is 0. The number of likely N-dealkylation sites (tertiary alicyclic amines) is 1. The summed E-state index contributed by atoms with van der Waals surface area (Å²) in [5.74, 6) is 1.07. The van der Waals surface area contributed by atoms with Crippen molar-refractivity contribution in [2.75, 3.05) is 25.5 Å². The lowest BCUT2D eigenvalue weighted by Gasteiger charge is -2.32. The van der Waals surface area contributed by atoms with Gasteiger partial charge in [-0.3, -0.25) is 9.88 Å². The number of nitrogens with zero attached hydrogens (tertiary/aromatic N) is 6. The van der Waals surface area contributed by atoms with Crippen molar-refractivity contribution >= 4 is 5.95 Å². The van der Waals surface area contributed by atoms with Gasteiger partial charge in [0.2, 0.25) is 5.95 Å². The molecule has 0 spiro atoms. The maximum Gasteiger partial charge on any atom is 0.316 e. The van der Waals surface area contributed by atoms with Gasteiger partial charge in [0.15, 0.2) is 0 Å². The summed E-state index contributed by atoms with van der Waals surface area (Å²) in [4.78, 5) is 24.7. The minimum Gasteiger partial charge on any atom is -0.467 e. The second-order valence-corrected chi connectivity index (χ2v) is 8.16. The van der Waals surface area contributed by atoms with Crippen LogP contribution in [0, 0.1) is 0 Å². The monoisotopic (exact) mass is 419 g/mol. The highest BCUT2D eigenvalue weighted by molar-refractivity contribution is 5.65. The second kappa shape index (κ2) is 9.78. The van der Waals surface area contributed by atoms with E-state index in [1.54, 1.807) is 13.3 Å². The molecule has 0 aromatic carbocycles. The molecule has 4 heterocycles. The van der Waals surface area contributed by atoms with Crippen molar-refractivity contribution in [3.05, 3.63) is 54.4 Å². The van der Waals surface area contributed by atoms with Crippen molar-refractivity contribution in [2.45, 2.75) is 45.2 Å². The van der Waals surface area contributed by atoms with Gasteiger partial charge in [-0.05, 0) is 45.8 Å². The van der Waals surface area contributed by atoms with Crippen LogP contribution in [0.2, 0.25) is 0 Å². The van der Waals surface area contributed by atoms with E-state index < -0.39 is 0 Å². The maximum absolute atomic E-state index is 5.05. The van der Waals surface area contributed by atoms with Crippen LogP contribution in [0.1, 0.15) is 43.9 Å². The molecule has 1 N–H and O–H groups in total. The first-order valence-corrected chi connectivity index (χ1v) is 10.7. The number of nitrogens with one attached hydrogen (secondary N) is 1. The molecule has 8 nitrogen and oxygen atoms in total. The molecule has 0 aliphatic carbocycles. The summed E-state index contributed by atoms with van der Waals surface area (Å²) in [5.41, 5.74) is 4.34. The smallest absolute Gasteiger partial charge is 0.316 e. The normalized spacial score (nSPS) is 15.2. The summed E-state index contributed by atoms with van der Waals surface area (Å²) < 4.78 is 5.05. The molecule has 0 atom stereocenters. The van der Waals surface area contributed by atoms with Crippen LogP contribution < -0.4 is 10.1 Å². The summed E-state index contributed by atoms with van der Waals surface area (Å²) in [6, 6.07) is 4.72. The van der Waals surface area contributed by atoms with E-state index in [4.69, 9.17) is 9.72 Å². The van der Waals surface area contributed by atoms with Gasteiger partial charge < -0.3 is 10.1 Å². The van der Waals surface area contributed by atoms with Gasteiger partial charge in [0.05, 0.1) is 12.8 Å². The van der Waals surface area contributed by atoms with E-state index in [0.717, 1.165) is 54.9 Å². The topological polar surface area (TPSA) is 89.0 Å². The molecule has 8 heteroatoms. The highest BCUT2D eigenvalue weighted by Crippen LogP contribution is 2.34. The SMILES string of the molecule is COc1ncc(CN2CCC(c3nc(NC(C)C)ncc3-c3cccnc3)CC2)cn1. The van der Waals surface area contributed by atoms with Gasteiger partial charge in [-0.25, -0.2) is 19.9 Å². The van der Waals surface area contributed by atoms with Crippen molar-refractivity contribution in [3.63, 3.8) is 0 Å². The van der Waals surface area contributed by atoms with E-state index in [-0.39, 0.29) is 6.04 Å². The van der Waals surface area contributed by atoms with Crippen molar-refractivity contribution < 1.29 is 4.74 Å². The van der Waals surface area contributed by atoms with Crippen molar-refractivity contribution in [2.24, 2.45) is 0 Å². The zero-order valence-electron chi connectivity index (χ0n) is 18.3. The second-order valence-electron chi connectivity index (χ2n) is 8.16. The Bertz CT molecular complexity index is 971. The molecular weight excluding hydrogens is 390 g/mol. The van der Waals surface area contributed by atoms with E-state index in [9.17, 15) is 0 Å². The Morgan fingerprint density at radius 3 is 2.52 bits per heavy atom. The number of anilines is 1. The molecule has 1 aliphatic rings. The highest BCUT2D eigenvalue weighted by atomic mass is 16.5. The Kier molecular flexibility index (Phi) is 6.66. The molecule has 1 saturated heterocycles. The van der Waals surface area contributed by atoms with Gasteiger partial charge in [-0.2, -0.15) is 0 Å². The predicted molar refractivity (Wildman–Crippen MR) is 120 cm³/mol. The highest BCUT2D eigenvalue weighted by Gasteiger charge is 2.25. The maximum atomic E-state index is 5.05. The Balaban J connectivity index is 1.49. The van der Waals surface area contributed by atoms with Crippen molar-refractivity contribution in [3.8, 4) is 17.1 Å². The number of aromatic nitrogens is 5. The summed E-state index contributed by atoms with van der Waals surface area (Å²) in [5, 5.41) is 3.34. The Hall–Kier alpha value is -3.13. The summed E-state index contributed by atoms with van der Waals surface area (Å²) in [6.07, 6.45) is 11.4. The molecule has 3 aromatic heterocycles. The zero-order valence-corrected chi connectivity index (χ0v) is 18.3. The lowest BCUT2D eigenvalue weighted by atomic mass is 9.89. The van der Waals surface area contributed by atoms with Crippen LogP contribution in [0.5, 0.6) is 6.01 Å². The van der Waals surface area contributed by atoms with E-state index in [2.05, 4.69) is 50.1 Å². The van der Waals surface area contributed by atoms with Crippen LogP contribution in [-0.4, -0.2) is 56.1 Å². The van der Waals surface area contributed by atoms with Gasteiger partial charge >= 0.3 is 6.01 Å². The number of piperidine rings is 1. The van der Waals surface area contributed by atoms with Crippen LogP contribution in [0.15, 0.2) is 43.1 Å². The molecule has 0 saturated carbocycles. The third kappa shape index (κ3) is 5.32. The Morgan fingerprint density at radius 2 is 1.87 bits per heavy atom. The molecule has 1 fully saturated rings. The van der Waals surface area contributed by atoms with Gasteiger partial charge in [0.1, 0.15) is 0 Å². The largest absolute Gasteiger partial charge is 0.467 e. The quantitative estimate of drug-likeness (QED) is 0.622. The average molecular weight is 420 g/mol. The standard InChI is InChI=1S/C23H29N7O/c1-16(2)28-22-25-14-20(19-5-4-8-24-13-19)21(29-22)18-6-9-30(10-7-18)15-17-11-26-23(31-3)27-12-17/h4-5,8,11-14,16,18H,6-7,9-10,15H2,1-3H3,(H,25,28,29). The van der Waals surface area contributed by atoms with E-state index in [1.807, 2.05) is 30.9 Å². The van der Waals surface area contributed by atoms with Gasteiger partial charge in [-0.1, -0.05) is 6.07 Å². The average Bonchev–Trinajstić information content (AvgIpc) is 2.80. The number of hydrogen-bond acceptors (Lipinski definition) is 8. The molecule has 3 aromatic rings. The van der Waals surface area contributed by atoms with Gasteiger partial charge in [-0.15, -0.1) is 0 Å². The first kappa shape index (κ1) is 21.1. The van der Waals surface area contributed by atoms with Gasteiger partial charge in [0.25, 0.3) is 0 Å². The van der Waals surface area contributed by atoms with Crippen molar-refractivity contribution in [1.82, 2.24) is 29.8 Å². The lowest BCUT2D eigenvalue weighted by molar-refractivity contribution is 0.203. The first-order chi connectivity index (χ1) is 15.1. The third-order valence-corrected chi connectivity index (χ3v) is 5.45. The Labute approximate surface area is 183 Å². The number of methoxy groups -OCH3 is 1. The molecule has 31 heavy (non-hydrogen) atoms. The first-order valence-electron chi connectivity index (χ1n) is 10.7. The van der Waals surface area contributed by atoms with Crippen LogP contribution >= 0.6 is 0 Å². The zero-order chi connectivity index (χ0) is 21.6. The number of ether oxygens (including phenoxy) is 1.